The molecule has 1 saturated carbocycles. The van der Waals surface area contributed by atoms with Gasteiger partial charge in [0.15, 0.2) is 22.9 Å². The second kappa shape index (κ2) is 8.63. The van der Waals surface area contributed by atoms with Crippen molar-refractivity contribution in [3.8, 4) is 5.69 Å². The molecule has 0 spiro atoms. The number of H-pyrrole nitrogens is 1. The number of carboxylic acids is 1. The molecule has 0 atom stereocenters. The number of hydrogen-bond acceptors (Lipinski definition) is 5. The smallest absolute Gasteiger partial charge is 0.335 e. The summed E-state index contributed by atoms with van der Waals surface area (Å²) in [5, 5.41) is 27.8. The molecule has 0 radical (unpaired) electrons. The van der Waals surface area contributed by atoms with Crippen molar-refractivity contribution < 1.29 is 28.5 Å². The Morgan fingerprint density at radius 2 is 1.97 bits per heavy atom. The number of halogens is 2. The molecule has 8 nitrogen and oxygen atoms in total. The lowest BCUT2D eigenvalue weighted by Gasteiger charge is -2.35. The number of benzene rings is 1. The minimum atomic E-state index is -1.76. The van der Waals surface area contributed by atoms with Crippen LogP contribution in [-0.2, 0) is 14.9 Å². The average Bonchev–Trinajstić information content (AvgIpc) is 3.42. The molecule has 190 valence electrons. The Bertz CT molecular complexity index is 1470. The van der Waals surface area contributed by atoms with Crippen molar-refractivity contribution in [1.82, 2.24) is 19.7 Å². The summed E-state index contributed by atoms with van der Waals surface area (Å²) in [6, 6.07) is 5.70. The summed E-state index contributed by atoms with van der Waals surface area (Å²) in [6.45, 7) is 4.36. The number of carboxylic acid groups (broad SMARTS) is 1. The van der Waals surface area contributed by atoms with E-state index in [1.165, 1.54) is 6.07 Å². The number of aromatic amines is 1. The van der Waals surface area contributed by atoms with E-state index in [0.29, 0.717) is 41.8 Å². The van der Waals surface area contributed by atoms with Gasteiger partial charge in [0.1, 0.15) is 0 Å². The monoisotopic (exact) mass is 498 g/mol. The van der Waals surface area contributed by atoms with Gasteiger partial charge in [-0.2, -0.15) is 5.10 Å². The SMILES string of the molecule is COCC(C)(C)c1c([C@H]2CC[C@](O)(C(=O)O)CC2)c2nc3[nH]ncc3cc2n1-c1ccc(F)c(F)c1. The van der Waals surface area contributed by atoms with E-state index in [2.05, 4.69) is 10.2 Å². The van der Waals surface area contributed by atoms with Gasteiger partial charge >= 0.3 is 5.97 Å². The summed E-state index contributed by atoms with van der Waals surface area (Å²) in [7, 11) is 1.60. The Labute approximate surface area is 205 Å². The van der Waals surface area contributed by atoms with E-state index < -0.39 is 28.6 Å². The molecule has 3 heterocycles. The molecule has 1 aliphatic carbocycles. The van der Waals surface area contributed by atoms with Crippen LogP contribution >= 0.6 is 0 Å². The molecule has 0 saturated heterocycles. The maximum Gasteiger partial charge on any atom is 0.335 e. The molecule has 5 rings (SSSR count). The highest BCUT2D eigenvalue weighted by atomic mass is 19.2. The molecule has 1 aliphatic rings. The zero-order chi connectivity index (χ0) is 25.8. The number of nitrogens with zero attached hydrogens (tertiary/aromatic N) is 3. The molecule has 3 aromatic heterocycles. The largest absolute Gasteiger partial charge is 0.479 e. The quantitative estimate of drug-likeness (QED) is 0.359. The summed E-state index contributed by atoms with van der Waals surface area (Å²) >= 11 is 0. The first kappa shape index (κ1) is 24.3. The number of methoxy groups -OCH3 is 1. The van der Waals surface area contributed by atoms with Crippen LogP contribution in [0.25, 0.3) is 27.8 Å². The van der Waals surface area contributed by atoms with Gasteiger partial charge in [-0.1, -0.05) is 13.8 Å². The molecule has 0 unspecified atom stereocenters. The summed E-state index contributed by atoms with van der Waals surface area (Å²) in [5.74, 6) is -3.24. The molecular weight excluding hydrogens is 470 g/mol. The molecule has 10 heteroatoms. The number of pyridine rings is 1. The standard InChI is InChI=1S/C26H28F2N4O4/c1-25(2,13-36-3)22-20(14-6-8-26(35,9-7-14)24(33)34)21-19(10-15-12-29-31-23(15)30-21)32(22)16-4-5-17(27)18(28)11-16/h4-5,10-12,14,35H,6-9,13H2,1-3H3,(H,33,34)(H,29,30,31)/t14-,26+. The normalized spacial score (nSPS) is 20.9. The Hall–Kier alpha value is -3.37. The number of aliphatic hydroxyl groups is 1. The zero-order valence-corrected chi connectivity index (χ0v) is 20.3. The van der Waals surface area contributed by atoms with Crippen molar-refractivity contribution in [2.75, 3.05) is 13.7 Å². The van der Waals surface area contributed by atoms with E-state index in [1.54, 1.807) is 13.3 Å². The summed E-state index contributed by atoms with van der Waals surface area (Å²) in [6.07, 6.45) is 2.71. The number of aliphatic carboxylic acids is 1. The van der Waals surface area contributed by atoms with E-state index in [1.807, 2.05) is 24.5 Å². The van der Waals surface area contributed by atoms with Gasteiger partial charge in [0.25, 0.3) is 0 Å². The third-order valence-corrected chi connectivity index (χ3v) is 7.31. The Morgan fingerprint density at radius 3 is 2.61 bits per heavy atom. The lowest BCUT2D eigenvalue weighted by Crippen LogP contribution is -2.42. The molecular formula is C26H28F2N4O4. The van der Waals surface area contributed by atoms with Crippen LogP contribution in [0.3, 0.4) is 0 Å². The number of ether oxygens (including phenoxy) is 1. The van der Waals surface area contributed by atoms with E-state index in [-0.39, 0.29) is 18.8 Å². The highest BCUT2D eigenvalue weighted by Crippen LogP contribution is 2.47. The predicted octanol–water partition coefficient (Wildman–Crippen LogP) is 4.58. The number of nitrogens with one attached hydrogen (secondary N) is 1. The van der Waals surface area contributed by atoms with Gasteiger partial charge in [0.05, 0.1) is 23.8 Å². The van der Waals surface area contributed by atoms with Gasteiger partial charge in [-0.3, -0.25) is 5.10 Å². The highest BCUT2D eigenvalue weighted by molar-refractivity contribution is 5.94. The second-order valence-corrected chi connectivity index (χ2v) is 10.3. The average molecular weight is 499 g/mol. The first-order valence-corrected chi connectivity index (χ1v) is 11.8. The third kappa shape index (κ3) is 3.84. The number of rotatable bonds is 6. The predicted molar refractivity (Wildman–Crippen MR) is 129 cm³/mol. The summed E-state index contributed by atoms with van der Waals surface area (Å²) < 4.78 is 35.8. The number of hydrogen-bond donors (Lipinski definition) is 3. The number of fused-ring (bicyclic) bond motifs is 2. The summed E-state index contributed by atoms with van der Waals surface area (Å²) in [5.41, 5.74) is 1.75. The van der Waals surface area contributed by atoms with Gasteiger partial charge in [-0.05, 0) is 49.8 Å². The molecule has 0 amide bonds. The fraction of sp³-hybridized carbons (Fsp3) is 0.423. The molecule has 1 aromatic carbocycles. The minimum Gasteiger partial charge on any atom is -0.479 e. The minimum absolute atomic E-state index is 0.0985. The Morgan fingerprint density at radius 1 is 1.25 bits per heavy atom. The molecule has 4 aromatic rings. The summed E-state index contributed by atoms with van der Waals surface area (Å²) in [4.78, 5) is 16.5. The van der Waals surface area contributed by atoms with Crippen molar-refractivity contribution in [2.24, 2.45) is 0 Å². The van der Waals surface area contributed by atoms with E-state index in [0.717, 1.165) is 28.8 Å². The van der Waals surface area contributed by atoms with Crippen LogP contribution in [0.5, 0.6) is 0 Å². The van der Waals surface area contributed by atoms with Crippen LogP contribution in [-0.4, -0.2) is 55.2 Å². The van der Waals surface area contributed by atoms with Crippen LogP contribution in [0.4, 0.5) is 8.78 Å². The fourth-order valence-electron chi connectivity index (χ4n) is 5.56. The van der Waals surface area contributed by atoms with Gasteiger partial charge in [-0.25, -0.2) is 18.6 Å². The molecule has 1 fully saturated rings. The van der Waals surface area contributed by atoms with Gasteiger partial charge < -0.3 is 19.5 Å². The van der Waals surface area contributed by atoms with Crippen molar-refractivity contribution in [3.05, 3.63) is 53.4 Å². The Kier molecular flexibility index (Phi) is 5.83. The molecule has 0 aliphatic heterocycles. The topological polar surface area (TPSA) is 113 Å². The van der Waals surface area contributed by atoms with Gasteiger partial charge in [-0.15, -0.1) is 0 Å². The number of aromatic nitrogens is 4. The first-order chi connectivity index (χ1) is 17.1. The van der Waals surface area contributed by atoms with Crippen molar-refractivity contribution in [1.29, 1.82) is 0 Å². The van der Waals surface area contributed by atoms with E-state index >= 15 is 0 Å². The first-order valence-electron chi connectivity index (χ1n) is 11.8. The van der Waals surface area contributed by atoms with E-state index in [4.69, 9.17) is 9.72 Å². The maximum absolute atomic E-state index is 14.4. The van der Waals surface area contributed by atoms with Crippen LogP contribution in [0.2, 0.25) is 0 Å². The Balaban J connectivity index is 1.82. The van der Waals surface area contributed by atoms with Crippen LogP contribution < -0.4 is 0 Å². The van der Waals surface area contributed by atoms with Crippen molar-refractivity contribution in [3.63, 3.8) is 0 Å². The van der Waals surface area contributed by atoms with Crippen molar-refractivity contribution in [2.45, 2.75) is 56.5 Å². The lowest BCUT2D eigenvalue weighted by atomic mass is 9.73. The van der Waals surface area contributed by atoms with Gasteiger partial charge in [0, 0.05) is 40.9 Å². The number of carbonyl (C=O) groups is 1. The van der Waals surface area contributed by atoms with E-state index in [9.17, 15) is 23.8 Å². The fourth-order valence-corrected chi connectivity index (χ4v) is 5.56. The zero-order valence-electron chi connectivity index (χ0n) is 20.3. The van der Waals surface area contributed by atoms with Crippen LogP contribution in [0, 0.1) is 11.6 Å². The molecule has 0 bridgehead atoms. The molecule has 36 heavy (non-hydrogen) atoms. The third-order valence-electron chi connectivity index (χ3n) is 7.31. The van der Waals surface area contributed by atoms with Crippen LogP contribution in [0.1, 0.15) is 56.7 Å². The van der Waals surface area contributed by atoms with Gasteiger partial charge in [0.2, 0.25) is 0 Å². The van der Waals surface area contributed by atoms with Crippen molar-refractivity contribution >= 4 is 28.0 Å². The van der Waals surface area contributed by atoms with Crippen LogP contribution in [0.15, 0.2) is 30.5 Å². The maximum atomic E-state index is 14.4. The lowest BCUT2D eigenvalue weighted by molar-refractivity contribution is -0.162. The highest BCUT2D eigenvalue weighted by Gasteiger charge is 2.43. The molecule has 3 N–H and O–H groups in total. The second-order valence-electron chi connectivity index (χ2n) is 10.3.